The maximum atomic E-state index is 13.1. The fourth-order valence-electron chi connectivity index (χ4n) is 4.02. The summed E-state index contributed by atoms with van der Waals surface area (Å²) < 4.78 is 77.6. The minimum Gasteiger partial charge on any atom is -0.336 e. The van der Waals surface area contributed by atoms with E-state index in [1.165, 1.54) is 35.2 Å². The Kier molecular flexibility index (Phi) is 7.60. The molecule has 0 bridgehead atoms. The lowest BCUT2D eigenvalue weighted by Crippen LogP contribution is -2.45. The second kappa shape index (κ2) is 10.6. The van der Waals surface area contributed by atoms with Gasteiger partial charge in [0.25, 0.3) is 0 Å². The zero-order chi connectivity index (χ0) is 28.5. The average Bonchev–Trinajstić information content (AvgIpc) is 3.22. The molecule has 1 saturated heterocycles. The molecule has 1 unspecified atom stereocenters. The molecule has 3 aromatic carbocycles. The molecule has 1 heterocycles. The van der Waals surface area contributed by atoms with Crippen LogP contribution in [0.15, 0.2) is 66.7 Å². The number of alkyl halides is 6. The van der Waals surface area contributed by atoms with Gasteiger partial charge in [-0.25, -0.2) is 0 Å². The van der Waals surface area contributed by atoms with E-state index >= 15 is 0 Å². The molecule has 0 radical (unpaired) electrons. The summed E-state index contributed by atoms with van der Waals surface area (Å²) in [4.78, 5) is 38.9. The molecule has 204 valence electrons. The first-order valence-corrected chi connectivity index (χ1v) is 11.7. The van der Waals surface area contributed by atoms with Gasteiger partial charge in [-0.15, -0.1) is 0 Å². The number of halogens is 7. The Balaban J connectivity index is 1.42. The van der Waals surface area contributed by atoms with Crippen molar-refractivity contribution in [2.45, 2.75) is 24.8 Å². The lowest BCUT2D eigenvalue weighted by Gasteiger charge is -2.18. The number of carbonyl (C=O) groups excluding carboxylic acids is 3. The minimum atomic E-state index is -4.57. The summed E-state index contributed by atoms with van der Waals surface area (Å²) in [5.74, 6) is -2.93. The topological polar surface area (TPSA) is 78.5 Å². The molecule has 2 N–H and O–H groups in total. The van der Waals surface area contributed by atoms with Gasteiger partial charge in [0.15, 0.2) is 0 Å². The van der Waals surface area contributed by atoms with Gasteiger partial charge in [-0.1, -0.05) is 23.7 Å². The second-order valence-electron chi connectivity index (χ2n) is 8.61. The predicted octanol–water partition coefficient (Wildman–Crippen LogP) is 5.90. The van der Waals surface area contributed by atoms with Gasteiger partial charge in [0, 0.05) is 22.9 Å². The fraction of sp³-hybridized carbons (Fsp3) is 0.192. The van der Waals surface area contributed by atoms with Gasteiger partial charge in [-0.05, 0) is 72.1 Å². The number of anilines is 2. The van der Waals surface area contributed by atoms with Gasteiger partial charge in [-0.2, -0.15) is 26.3 Å². The Morgan fingerprint density at radius 3 is 2.13 bits per heavy atom. The summed E-state index contributed by atoms with van der Waals surface area (Å²) >= 11 is 6.07. The standard InChI is InChI=1S/C26H18ClF6N3O3/c27-18-11-15(14-2-1-3-17(10-14)26(31,32)33)12-19(13-18)34-22(37)23(38)35-21-8-9-36(24(21)39)20-6-4-16(5-7-20)25(28,29)30/h1-7,10-13,21H,8-9H2,(H,34,37)(H,35,38). The van der Waals surface area contributed by atoms with Gasteiger partial charge in [0.1, 0.15) is 6.04 Å². The normalized spacial score (nSPS) is 15.8. The van der Waals surface area contributed by atoms with Crippen molar-refractivity contribution < 1.29 is 40.7 Å². The first-order valence-electron chi connectivity index (χ1n) is 11.3. The van der Waals surface area contributed by atoms with E-state index < -0.39 is 47.2 Å². The maximum absolute atomic E-state index is 13.1. The van der Waals surface area contributed by atoms with Crippen LogP contribution in [-0.2, 0) is 26.7 Å². The lowest BCUT2D eigenvalue weighted by atomic mass is 10.0. The third kappa shape index (κ3) is 6.51. The average molecular weight is 570 g/mol. The highest BCUT2D eigenvalue weighted by Gasteiger charge is 2.36. The molecule has 3 amide bonds. The predicted molar refractivity (Wildman–Crippen MR) is 131 cm³/mol. The van der Waals surface area contributed by atoms with E-state index in [1.807, 2.05) is 0 Å². The summed E-state index contributed by atoms with van der Waals surface area (Å²) in [6.07, 6.45) is -8.99. The number of carbonyl (C=O) groups is 3. The Morgan fingerprint density at radius 1 is 0.821 bits per heavy atom. The van der Waals surface area contributed by atoms with Crippen LogP contribution in [0.5, 0.6) is 0 Å². The van der Waals surface area contributed by atoms with Crippen LogP contribution < -0.4 is 15.5 Å². The minimum absolute atomic E-state index is 0.0270. The first-order chi connectivity index (χ1) is 18.2. The molecule has 13 heteroatoms. The van der Waals surface area contributed by atoms with E-state index in [0.717, 1.165) is 36.4 Å². The Hall–Kier alpha value is -4.06. The van der Waals surface area contributed by atoms with Crippen molar-refractivity contribution in [3.63, 3.8) is 0 Å². The Morgan fingerprint density at radius 2 is 1.49 bits per heavy atom. The van der Waals surface area contributed by atoms with Crippen LogP contribution in [0.1, 0.15) is 17.5 Å². The van der Waals surface area contributed by atoms with Crippen molar-refractivity contribution in [3.8, 4) is 11.1 Å². The molecular formula is C26H18ClF6N3O3. The highest BCUT2D eigenvalue weighted by atomic mass is 35.5. The number of rotatable bonds is 4. The highest BCUT2D eigenvalue weighted by Crippen LogP contribution is 2.34. The summed E-state index contributed by atoms with van der Waals surface area (Å²) in [6.45, 7) is 0.103. The molecule has 39 heavy (non-hydrogen) atoms. The van der Waals surface area contributed by atoms with Crippen LogP contribution in [0.25, 0.3) is 11.1 Å². The van der Waals surface area contributed by atoms with Crippen LogP contribution in [0.4, 0.5) is 37.7 Å². The molecule has 0 saturated carbocycles. The maximum Gasteiger partial charge on any atom is 0.416 e. The van der Waals surface area contributed by atoms with Crippen LogP contribution in [-0.4, -0.2) is 30.3 Å². The van der Waals surface area contributed by atoms with Crippen molar-refractivity contribution in [2.75, 3.05) is 16.8 Å². The molecule has 1 fully saturated rings. The van der Waals surface area contributed by atoms with Gasteiger partial charge >= 0.3 is 24.2 Å². The number of nitrogens with one attached hydrogen (secondary N) is 2. The molecule has 3 aromatic rings. The quantitative estimate of drug-likeness (QED) is 0.303. The number of nitrogens with zero attached hydrogens (tertiary/aromatic N) is 1. The Bertz CT molecular complexity index is 1420. The number of hydrogen-bond donors (Lipinski definition) is 2. The van der Waals surface area contributed by atoms with E-state index in [9.17, 15) is 40.7 Å². The molecule has 0 aliphatic carbocycles. The Labute approximate surface area is 222 Å². The zero-order valence-electron chi connectivity index (χ0n) is 19.7. The van der Waals surface area contributed by atoms with Crippen molar-refractivity contribution >= 4 is 40.7 Å². The molecule has 1 atom stereocenters. The molecule has 0 aromatic heterocycles. The van der Waals surface area contributed by atoms with Crippen molar-refractivity contribution in [1.82, 2.24) is 5.32 Å². The molecule has 1 aliphatic heterocycles. The number of benzene rings is 3. The summed E-state index contributed by atoms with van der Waals surface area (Å²) in [5, 5.41) is 4.67. The first kappa shape index (κ1) is 28.0. The summed E-state index contributed by atoms with van der Waals surface area (Å²) in [7, 11) is 0. The van der Waals surface area contributed by atoms with Crippen molar-refractivity contribution in [3.05, 3.63) is 82.9 Å². The number of amides is 3. The second-order valence-corrected chi connectivity index (χ2v) is 9.05. The third-order valence-corrected chi connectivity index (χ3v) is 6.12. The SMILES string of the molecule is O=C(Nc1cc(Cl)cc(-c2cccc(C(F)(F)F)c2)c1)C(=O)NC1CCN(c2ccc(C(F)(F)F)cc2)C1=O. The monoisotopic (exact) mass is 569 g/mol. The van der Waals surface area contributed by atoms with Gasteiger partial charge in [-0.3, -0.25) is 14.4 Å². The lowest BCUT2D eigenvalue weighted by molar-refractivity contribution is -0.138. The zero-order valence-corrected chi connectivity index (χ0v) is 20.4. The van der Waals surface area contributed by atoms with Gasteiger partial charge < -0.3 is 15.5 Å². The number of hydrogen-bond acceptors (Lipinski definition) is 3. The van der Waals surface area contributed by atoms with Crippen LogP contribution >= 0.6 is 11.6 Å². The van der Waals surface area contributed by atoms with Crippen molar-refractivity contribution in [2.24, 2.45) is 0 Å². The van der Waals surface area contributed by atoms with Crippen LogP contribution in [0.2, 0.25) is 5.02 Å². The van der Waals surface area contributed by atoms with Gasteiger partial charge in [0.05, 0.1) is 11.1 Å². The van der Waals surface area contributed by atoms with Crippen LogP contribution in [0, 0.1) is 0 Å². The molecule has 4 rings (SSSR count). The third-order valence-electron chi connectivity index (χ3n) is 5.90. The van der Waals surface area contributed by atoms with E-state index in [4.69, 9.17) is 11.6 Å². The smallest absolute Gasteiger partial charge is 0.336 e. The fourth-order valence-corrected chi connectivity index (χ4v) is 4.25. The van der Waals surface area contributed by atoms with E-state index in [2.05, 4.69) is 10.6 Å². The highest BCUT2D eigenvalue weighted by molar-refractivity contribution is 6.40. The van der Waals surface area contributed by atoms with Crippen LogP contribution in [0.3, 0.4) is 0 Å². The molecule has 0 spiro atoms. The van der Waals surface area contributed by atoms with Gasteiger partial charge in [0.2, 0.25) is 5.91 Å². The molecule has 6 nitrogen and oxygen atoms in total. The van der Waals surface area contributed by atoms with E-state index in [-0.39, 0.29) is 40.5 Å². The summed E-state index contributed by atoms with van der Waals surface area (Å²) in [5.41, 5.74) is -1.10. The molecular weight excluding hydrogens is 552 g/mol. The van der Waals surface area contributed by atoms with Crippen molar-refractivity contribution in [1.29, 1.82) is 0 Å². The van der Waals surface area contributed by atoms with E-state index in [0.29, 0.717) is 0 Å². The van der Waals surface area contributed by atoms with E-state index in [1.54, 1.807) is 0 Å². The largest absolute Gasteiger partial charge is 0.416 e. The molecule has 1 aliphatic rings. The summed E-state index contributed by atoms with van der Waals surface area (Å²) in [6, 6.07) is 11.3.